The van der Waals surface area contributed by atoms with E-state index in [0.29, 0.717) is 13.2 Å². The van der Waals surface area contributed by atoms with Crippen LogP contribution in [0.15, 0.2) is 29.2 Å². The van der Waals surface area contributed by atoms with Crippen molar-refractivity contribution in [2.45, 2.75) is 36.5 Å². The molecule has 0 bridgehead atoms. The van der Waals surface area contributed by atoms with Crippen molar-refractivity contribution in [1.29, 1.82) is 0 Å². The van der Waals surface area contributed by atoms with Gasteiger partial charge in [0, 0.05) is 25.1 Å². The Morgan fingerprint density at radius 1 is 1.43 bits per heavy atom. The number of hydrogen-bond acceptors (Lipinski definition) is 5. The van der Waals surface area contributed by atoms with Gasteiger partial charge in [0.15, 0.2) is 0 Å². The first-order valence-electron chi connectivity index (χ1n) is 7.84. The van der Waals surface area contributed by atoms with Gasteiger partial charge in [-0.2, -0.15) is 0 Å². The maximum atomic E-state index is 12.0. The predicted molar refractivity (Wildman–Crippen MR) is 89.2 cm³/mol. The molecule has 6 heteroatoms. The molecular weight excluding hydrogens is 314 g/mol. The summed E-state index contributed by atoms with van der Waals surface area (Å²) in [4.78, 5) is 26.3. The van der Waals surface area contributed by atoms with Crippen molar-refractivity contribution in [1.82, 2.24) is 4.90 Å². The number of likely N-dealkylation sites (tertiary alicyclic amines) is 1. The number of ether oxygens (including phenoxy) is 2. The molecule has 0 spiro atoms. The number of benzene rings is 1. The van der Waals surface area contributed by atoms with Crippen LogP contribution in [0.3, 0.4) is 0 Å². The lowest BCUT2D eigenvalue weighted by atomic mass is 10.2. The molecule has 0 aliphatic carbocycles. The van der Waals surface area contributed by atoms with Crippen molar-refractivity contribution in [3.05, 3.63) is 29.8 Å². The van der Waals surface area contributed by atoms with E-state index in [2.05, 4.69) is 0 Å². The first-order chi connectivity index (χ1) is 11.1. The van der Waals surface area contributed by atoms with Crippen LogP contribution in [0.1, 0.15) is 25.3 Å². The van der Waals surface area contributed by atoms with E-state index in [4.69, 9.17) is 9.47 Å². The number of carbonyl (C=O) groups excluding carboxylic acids is 2. The van der Waals surface area contributed by atoms with E-state index in [9.17, 15) is 9.59 Å². The van der Waals surface area contributed by atoms with E-state index in [1.165, 1.54) is 0 Å². The number of carbonyl (C=O) groups is 2. The van der Waals surface area contributed by atoms with Crippen molar-refractivity contribution < 1.29 is 19.1 Å². The Morgan fingerprint density at radius 3 is 2.96 bits per heavy atom. The molecule has 126 valence electrons. The molecule has 2 rings (SSSR count). The van der Waals surface area contributed by atoms with Crippen molar-refractivity contribution in [3.8, 4) is 0 Å². The molecule has 1 aliphatic rings. The summed E-state index contributed by atoms with van der Waals surface area (Å²) >= 11 is 1.58. The molecule has 1 aromatic carbocycles. The van der Waals surface area contributed by atoms with Gasteiger partial charge in [0.25, 0.3) is 0 Å². The second-order valence-electron chi connectivity index (χ2n) is 5.41. The molecule has 1 fully saturated rings. The van der Waals surface area contributed by atoms with E-state index in [1.54, 1.807) is 16.7 Å². The maximum Gasteiger partial charge on any atom is 0.308 e. The molecular formula is C17H23NO4S. The average molecular weight is 337 g/mol. The summed E-state index contributed by atoms with van der Waals surface area (Å²) in [5.41, 5.74) is 0.929. The largest absolute Gasteiger partial charge is 0.461 e. The fourth-order valence-corrected chi connectivity index (χ4v) is 3.52. The van der Waals surface area contributed by atoms with Gasteiger partial charge in [0.1, 0.15) is 6.61 Å². The molecule has 0 N–H and O–H groups in total. The van der Waals surface area contributed by atoms with Crippen LogP contribution >= 0.6 is 11.8 Å². The van der Waals surface area contributed by atoms with E-state index in [0.717, 1.165) is 23.4 Å². The summed E-state index contributed by atoms with van der Waals surface area (Å²) < 4.78 is 10.4. The van der Waals surface area contributed by atoms with Crippen molar-refractivity contribution in [2.75, 3.05) is 26.8 Å². The third-order valence-electron chi connectivity index (χ3n) is 3.61. The first-order valence-corrected chi connectivity index (χ1v) is 8.72. The summed E-state index contributed by atoms with van der Waals surface area (Å²) in [6, 6.07) is 7.81. The normalized spacial score (nSPS) is 17.6. The van der Waals surface area contributed by atoms with Crippen LogP contribution in [0.5, 0.6) is 0 Å². The molecule has 1 aliphatic heterocycles. The highest BCUT2D eigenvalue weighted by molar-refractivity contribution is 8.00. The Morgan fingerprint density at radius 2 is 2.26 bits per heavy atom. The fraction of sp³-hybridized carbons (Fsp3) is 0.529. The topological polar surface area (TPSA) is 55.8 Å². The highest BCUT2D eigenvalue weighted by atomic mass is 32.2. The van der Waals surface area contributed by atoms with Crippen molar-refractivity contribution in [3.63, 3.8) is 0 Å². The number of hydrogen-bond donors (Lipinski definition) is 0. The lowest BCUT2D eigenvalue weighted by Gasteiger charge is -2.11. The highest BCUT2D eigenvalue weighted by Gasteiger charge is 2.29. The van der Waals surface area contributed by atoms with E-state index < -0.39 is 0 Å². The minimum Gasteiger partial charge on any atom is -0.461 e. The SMILES string of the molecule is CCOCCC(=O)OCc1cccc(SC2CCN(C)C2=O)c1. The van der Waals surface area contributed by atoms with Crippen LogP contribution in [0.2, 0.25) is 0 Å². The summed E-state index contributed by atoms with van der Waals surface area (Å²) in [5, 5.41) is -0.0102. The molecule has 1 amide bonds. The average Bonchev–Trinajstić information content (AvgIpc) is 2.86. The van der Waals surface area contributed by atoms with Crippen LogP contribution in [0.25, 0.3) is 0 Å². The maximum absolute atomic E-state index is 12.0. The zero-order chi connectivity index (χ0) is 16.7. The summed E-state index contributed by atoms with van der Waals surface area (Å²) in [5.74, 6) is -0.0770. The van der Waals surface area contributed by atoms with Crippen LogP contribution < -0.4 is 0 Å². The minimum absolute atomic E-state index is 0.0102. The van der Waals surface area contributed by atoms with Crippen molar-refractivity contribution >= 4 is 23.6 Å². The lowest BCUT2D eigenvalue weighted by Crippen LogP contribution is -2.23. The molecule has 5 nitrogen and oxygen atoms in total. The third kappa shape index (κ3) is 5.55. The Hall–Kier alpha value is -1.53. The summed E-state index contributed by atoms with van der Waals surface area (Å²) in [6.07, 6.45) is 1.14. The lowest BCUT2D eigenvalue weighted by molar-refractivity contribution is -0.146. The smallest absolute Gasteiger partial charge is 0.308 e. The summed E-state index contributed by atoms with van der Waals surface area (Å²) in [6.45, 7) is 3.94. The monoisotopic (exact) mass is 337 g/mol. The molecule has 1 unspecified atom stereocenters. The molecule has 0 radical (unpaired) electrons. The Balaban J connectivity index is 1.82. The van der Waals surface area contributed by atoms with E-state index in [-0.39, 0.29) is 30.2 Å². The van der Waals surface area contributed by atoms with Gasteiger partial charge in [-0.05, 0) is 31.0 Å². The van der Waals surface area contributed by atoms with Gasteiger partial charge in [0.05, 0.1) is 18.3 Å². The molecule has 23 heavy (non-hydrogen) atoms. The fourth-order valence-electron chi connectivity index (χ4n) is 2.31. The molecule has 1 atom stereocenters. The standard InChI is InChI=1S/C17H23NO4S/c1-3-21-10-8-16(19)22-12-13-5-4-6-14(11-13)23-15-7-9-18(2)17(15)20/h4-6,11,15H,3,7-10,12H2,1-2H3. The molecule has 1 saturated heterocycles. The van der Waals surface area contributed by atoms with E-state index in [1.807, 2.05) is 38.2 Å². The zero-order valence-electron chi connectivity index (χ0n) is 13.6. The van der Waals surface area contributed by atoms with Gasteiger partial charge in [-0.3, -0.25) is 9.59 Å². The van der Waals surface area contributed by atoms with E-state index >= 15 is 0 Å². The Kier molecular flexibility index (Phi) is 6.92. The second kappa shape index (κ2) is 8.93. The van der Waals surface area contributed by atoms with Crippen LogP contribution in [-0.4, -0.2) is 48.8 Å². The van der Waals surface area contributed by atoms with Crippen LogP contribution in [0, 0.1) is 0 Å². The Labute approximate surface area is 141 Å². The first kappa shape index (κ1) is 17.8. The predicted octanol–water partition coefficient (Wildman–Crippen LogP) is 2.48. The molecule has 0 aromatic heterocycles. The molecule has 1 heterocycles. The van der Waals surface area contributed by atoms with Gasteiger partial charge >= 0.3 is 5.97 Å². The molecule has 1 aromatic rings. The third-order valence-corrected chi connectivity index (χ3v) is 4.86. The Bertz CT molecular complexity index is 549. The van der Waals surface area contributed by atoms with Crippen molar-refractivity contribution in [2.24, 2.45) is 0 Å². The molecule has 0 saturated carbocycles. The second-order valence-corrected chi connectivity index (χ2v) is 6.69. The minimum atomic E-state index is -0.260. The van der Waals surface area contributed by atoms with Gasteiger partial charge < -0.3 is 14.4 Å². The number of thioether (sulfide) groups is 1. The van der Waals surface area contributed by atoms with Gasteiger partial charge in [-0.1, -0.05) is 12.1 Å². The number of rotatable bonds is 8. The highest BCUT2D eigenvalue weighted by Crippen LogP contribution is 2.30. The number of esters is 1. The van der Waals surface area contributed by atoms with Gasteiger partial charge in [-0.15, -0.1) is 11.8 Å². The van der Waals surface area contributed by atoms with Crippen LogP contribution in [0.4, 0.5) is 0 Å². The number of nitrogens with zero attached hydrogens (tertiary/aromatic N) is 1. The van der Waals surface area contributed by atoms with Gasteiger partial charge in [0.2, 0.25) is 5.91 Å². The van der Waals surface area contributed by atoms with Gasteiger partial charge in [-0.25, -0.2) is 0 Å². The number of amides is 1. The van der Waals surface area contributed by atoms with Crippen LogP contribution in [-0.2, 0) is 25.7 Å². The zero-order valence-corrected chi connectivity index (χ0v) is 14.4. The quantitative estimate of drug-likeness (QED) is 0.539. The summed E-state index contributed by atoms with van der Waals surface area (Å²) in [7, 11) is 1.83.